The third-order valence-electron chi connectivity index (χ3n) is 2.55. The van der Waals surface area contributed by atoms with Gasteiger partial charge in [-0.2, -0.15) is 0 Å². The maximum atomic E-state index is 11.7. The van der Waals surface area contributed by atoms with Gasteiger partial charge in [-0.25, -0.2) is 4.98 Å². The highest BCUT2D eigenvalue weighted by Gasteiger charge is 2.15. The van der Waals surface area contributed by atoms with Crippen LogP contribution in [-0.4, -0.2) is 40.9 Å². The lowest BCUT2D eigenvalue weighted by Crippen LogP contribution is -2.36. The zero-order valence-electron chi connectivity index (χ0n) is 10.2. The van der Waals surface area contributed by atoms with Crippen molar-refractivity contribution in [3.63, 3.8) is 0 Å². The molecule has 0 aliphatic carbocycles. The fraction of sp³-hybridized carbons (Fsp3) is 0.333. The number of hydrogen-bond donors (Lipinski definition) is 2. The van der Waals surface area contributed by atoms with E-state index < -0.39 is 0 Å². The zero-order chi connectivity index (χ0) is 12.4. The summed E-state index contributed by atoms with van der Waals surface area (Å²) >= 11 is 0. The minimum Gasteiger partial charge on any atom is -0.347 e. The number of likely N-dealkylation sites (N-methyl/N-ethyl adjacent to an activating group) is 1. The van der Waals surface area contributed by atoms with Gasteiger partial charge in [-0.05, 0) is 19.1 Å². The first kappa shape index (κ1) is 11.4. The summed E-state index contributed by atoms with van der Waals surface area (Å²) in [5, 5.41) is 3.05. The van der Waals surface area contributed by atoms with Gasteiger partial charge in [-0.1, -0.05) is 12.1 Å². The van der Waals surface area contributed by atoms with E-state index in [4.69, 9.17) is 0 Å². The van der Waals surface area contributed by atoms with Gasteiger partial charge in [0.2, 0.25) is 11.9 Å². The zero-order valence-corrected chi connectivity index (χ0v) is 10.2. The second-order valence-corrected chi connectivity index (χ2v) is 4.20. The van der Waals surface area contributed by atoms with E-state index in [1.807, 2.05) is 31.2 Å². The molecule has 2 rings (SSSR count). The van der Waals surface area contributed by atoms with Crippen LogP contribution < -0.4 is 5.32 Å². The number of aromatic amines is 1. The molecule has 0 saturated carbocycles. The van der Waals surface area contributed by atoms with Crippen molar-refractivity contribution in [3.05, 3.63) is 24.3 Å². The van der Waals surface area contributed by atoms with Crippen LogP contribution in [0.4, 0.5) is 5.95 Å². The Morgan fingerprint density at radius 3 is 2.76 bits per heavy atom. The Balaban J connectivity index is 2.16. The average molecular weight is 232 g/mol. The van der Waals surface area contributed by atoms with Crippen LogP contribution in [0.2, 0.25) is 0 Å². The van der Waals surface area contributed by atoms with E-state index in [2.05, 4.69) is 15.3 Å². The van der Waals surface area contributed by atoms with Crippen molar-refractivity contribution in [1.29, 1.82) is 0 Å². The molecule has 2 aromatic rings. The molecular formula is C12H16N4O. The molecule has 0 radical (unpaired) electrons. The predicted octanol–water partition coefficient (Wildman–Crippen LogP) is 1.45. The van der Waals surface area contributed by atoms with Crippen LogP contribution in [0.3, 0.4) is 0 Å². The summed E-state index contributed by atoms with van der Waals surface area (Å²) in [6.07, 6.45) is 0. The number of aromatic nitrogens is 2. The van der Waals surface area contributed by atoms with Crippen molar-refractivity contribution in [3.8, 4) is 0 Å². The number of fused-ring (bicyclic) bond motifs is 1. The van der Waals surface area contributed by atoms with Gasteiger partial charge in [0.1, 0.15) is 6.04 Å². The number of anilines is 1. The first-order valence-corrected chi connectivity index (χ1v) is 5.50. The molecule has 1 aromatic heterocycles. The number of carbonyl (C=O) groups excluding carboxylic acids is 1. The lowest BCUT2D eigenvalue weighted by Gasteiger charge is -2.17. The molecule has 0 saturated heterocycles. The Labute approximate surface area is 99.8 Å². The summed E-state index contributed by atoms with van der Waals surface area (Å²) in [6.45, 7) is 1.82. The maximum absolute atomic E-state index is 11.7. The molecule has 1 atom stereocenters. The number of nitrogens with one attached hydrogen (secondary N) is 2. The summed E-state index contributed by atoms with van der Waals surface area (Å²) in [6, 6.07) is 7.45. The van der Waals surface area contributed by atoms with Crippen molar-refractivity contribution < 1.29 is 4.79 Å². The van der Waals surface area contributed by atoms with Gasteiger partial charge in [0.05, 0.1) is 11.0 Å². The molecule has 2 N–H and O–H groups in total. The Hall–Kier alpha value is -2.04. The van der Waals surface area contributed by atoms with Gasteiger partial charge in [0.25, 0.3) is 0 Å². The van der Waals surface area contributed by atoms with E-state index in [0.29, 0.717) is 5.95 Å². The lowest BCUT2D eigenvalue weighted by atomic mass is 10.3. The number of imidazole rings is 1. The SMILES string of the molecule is C[C@H](Nc1nc2ccccc2[nH]1)C(=O)N(C)C. The van der Waals surface area contributed by atoms with Crippen molar-refractivity contribution in [1.82, 2.24) is 14.9 Å². The number of rotatable bonds is 3. The molecule has 1 heterocycles. The minimum absolute atomic E-state index is 0.0189. The molecule has 0 bridgehead atoms. The monoisotopic (exact) mass is 232 g/mol. The lowest BCUT2D eigenvalue weighted by molar-refractivity contribution is -0.129. The molecule has 17 heavy (non-hydrogen) atoms. The Morgan fingerprint density at radius 2 is 2.12 bits per heavy atom. The molecule has 0 unspecified atom stereocenters. The third-order valence-corrected chi connectivity index (χ3v) is 2.55. The molecule has 0 aliphatic rings. The predicted molar refractivity (Wildman–Crippen MR) is 67.9 cm³/mol. The van der Waals surface area contributed by atoms with Crippen LogP contribution in [0.5, 0.6) is 0 Å². The summed E-state index contributed by atoms with van der Waals surface area (Å²) in [5.41, 5.74) is 1.85. The Morgan fingerprint density at radius 1 is 1.41 bits per heavy atom. The molecular weight excluding hydrogens is 216 g/mol. The quantitative estimate of drug-likeness (QED) is 0.842. The minimum atomic E-state index is -0.300. The van der Waals surface area contributed by atoms with Gasteiger partial charge in [0, 0.05) is 14.1 Å². The molecule has 0 aliphatic heterocycles. The number of H-pyrrole nitrogens is 1. The highest BCUT2D eigenvalue weighted by atomic mass is 16.2. The fourth-order valence-electron chi connectivity index (χ4n) is 1.68. The molecule has 5 nitrogen and oxygen atoms in total. The highest BCUT2D eigenvalue weighted by Crippen LogP contribution is 2.14. The molecule has 1 aromatic carbocycles. The molecule has 90 valence electrons. The normalized spacial score (nSPS) is 12.4. The van der Waals surface area contributed by atoms with E-state index in [1.165, 1.54) is 0 Å². The summed E-state index contributed by atoms with van der Waals surface area (Å²) in [4.78, 5) is 20.7. The number of benzene rings is 1. The summed E-state index contributed by atoms with van der Waals surface area (Å²) < 4.78 is 0. The van der Waals surface area contributed by atoms with Crippen molar-refractivity contribution in [2.75, 3.05) is 19.4 Å². The Bertz CT molecular complexity index is 499. The van der Waals surface area contributed by atoms with E-state index in [0.717, 1.165) is 11.0 Å². The first-order valence-electron chi connectivity index (χ1n) is 5.50. The van der Waals surface area contributed by atoms with E-state index in [1.54, 1.807) is 19.0 Å². The molecule has 1 amide bonds. The number of amides is 1. The van der Waals surface area contributed by atoms with Gasteiger partial charge in [0.15, 0.2) is 0 Å². The van der Waals surface area contributed by atoms with E-state index in [-0.39, 0.29) is 11.9 Å². The number of hydrogen-bond acceptors (Lipinski definition) is 3. The largest absolute Gasteiger partial charge is 0.347 e. The average Bonchev–Trinajstić information content (AvgIpc) is 2.69. The molecule has 0 spiro atoms. The van der Waals surface area contributed by atoms with Crippen LogP contribution in [0.15, 0.2) is 24.3 Å². The number of nitrogens with zero attached hydrogens (tertiary/aromatic N) is 2. The van der Waals surface area contributed by atoms with Crippen LogP contribution >= 0.6 is 0 Å². The Kier molecular flexibility index (Phi) is 2.99. The van der Waals surface area contributed by atoms with Gasteiger partial charge >= 0.3 is 0 Å². The topological polar surface area (TPSA) is 61.0 Å². The van der Waals surface area contributed by atoms with Crippen molar-refractivity contribution in [2.45, 2.75) is 13.0 Å². The van der Waals surface area contributed by atoms with E-state index >= 15 is 0 Å². The molecule has 0 fully saturated rings. The highest BCUT2D eigenvalue weighted by molar-refractivity contribution is 5.84. The van der Waals surface area contributed by atoms with Gasteiger partial charge in [-0.15, -0.1) is 0 Å². The summed E-state index contributed by atoms with van der Waals surface area (Å²) in [7, 11) is 3.47. The van der Waals surface area contributed by atoms with Crippen LogP contribution in [0, 0.1) is 0 Å². The number of carbonyl (C=O) groups is 1. The smallest absolute Gasteiger partial charge is 0.244 e. The van der Waals surface area contributed by atoms with Crippen molar-refractivity contribution >= 4 is 22.9 Å². The van der Waals surface area contributed by atoms with Crippen LogP contribution in [-0.2, 0) is 4.79 Å². The molecule has 5 heteroatoms. The standard InChI is InChI=1S/C12H16N4O/c1-8(11(17)16(2)3)13-12-14-9-6-4-5-7-10(9)15-12/h4-8H,1-3H3,(H2,13,14,15)/t8-/m0/s1. The fourth-order valence-corrected chi connectivity index (χ4v) is 1.68. The van der Waals surface area contributed by atoms with E-state index in [9.17, 15) is 4.79 Å². The number of para-hydroxylation sites is 2. The first-order chi connectivity index (χ1) is 8.08. The maximum Gasteiger partial charge on any atom is 0.244 e. The third kappa shape index (κ3) is 2.38. The second-order valence-electron chi connectivity index (χ2n) is 4.20. The van der Waals surface area contributed by atoms with Crippen molar-refractivity contribution in [2.24, 2.45) is 0 Å². The second kappa shape index (κ2) is 4.45. The van der Waals surface area contributed by atoms with Gasteiger partial charge in [-0.3, -0.25) is 4.79 Å². The van der Waals surface area contributed by atoms with Crippen LogP contribution in [0.25, 0.3) is 11.0 Å². The van der Waals surface area contributed by atoms with Gasteiger partial charge < -0.3 is 15.2 Å². The summed E-state index contributed by atoms with van der Waals surface area (Å²) in [5.74, 6) is 0.638. The van der Waals surface area contributed by atoms with Crippen LogP contribution in [0.1, 0.15) is 6.92 Å².